The maximum Gasteiger partial charge on any atom is 0.284 e. The van der Waals surface area contributed by atoms with Gasteiger partial charge in [0, 0.05) is 21.0 Å². The summed E-state index contributed by atoms with van der Waals surface area (Å²) in [6.45, 7) is 0. The van der Waals surface area contributed by atoms with Gasteiger partial charge in [-0.25, -0.2) is 0 Å². The normalized spacial score (nSPS) is 10.3. The topological polar surface area (TPSA) is 60.2 Å². The van der Waals surface area contributed by atoms with Gasteiger partial charge >= 0.3 is 0 Å². The third-order valence-corrected chi connectivity index (χ3v) is 4.27. The van der Waals surface area contributed by atoms with Gasteiger partial charge in [0.15, 0.2) is 0 Å². The maximum absolute atomic E-state index is 11.3. The lowest BCUT2D eigenvalue weighted by molar-refractivity contribution is -0.387. The van der Waals surface area contributed by atoms with Crippen molar-refractivity contribution in [2.75, 3.05) is 0 Å². The molecule has 2 rings (SSSR count). The molecule has 0 radical (unpaired) electrons. The van der Waals surface area contributed by atoms with E-state index in [2.05, 4.69) is 15.9 Å². The molecule has 4 nitrogen and oxygen atoms in total. The number of carbonyl (C=O) groups excluding carboxylic acids is 1. The first-order chi connectivity index (χ1) is 9.49. The minimum Gasteiger partial charge on any atom is -0.276 e. The van der Waals surface area contributed by atoms with E-state index in [1.165, 1.54) is 6.07 Å². The average molecular weight is 373 g/mol. The van der Waals surface area contributed by atoms with Gasteiger partial charge in [0.05, 0.1) is 9.82 Å². The van der Waals surface area contributed by atoms with Gasteiger partial charge in [-0.05, 0) is 35.9 Å². The first-order valence-corrected chi connectivity index (χ1v) is 7.38. The van der Waals surface area contributed by atoms with Crippen molar-refractivity contribution in [2.24, 2.45) is 0 Å². The first kappa shape index (κ1) is 15.0. The van der Waals surface area contributed by atoms with Crippen molar-refractivity contribution in [1.29, 1.82) is 0 Å². The summed E-state index contributed by atoms with van der Waals surface area (Å²) in [5.41, 5.74) is 0.303. The minimum absolute atomic E-state index is 0.0267. The Hall–Kier alpha value is -1.37. The van der Waals surface area contributed by atoms with Crippen LogP contribution in [0.1, 0.15) is 10.4 Å². The molecule has 102 valence electrons. The van der Waals surface area contributed by atoms with E-state index < -0.39 is 10.2 Å². The van der Waals surface area contributed by atoms with Crippen LogP contribution < -0.4 is 0 Å². The van der Waals surface area contributed by atoms with Crippen LogP contribution in [0.4, 0.5) is 5.69 Å². The molecule has 0 spiro atoms. The number of nitrogens with zero attached hydrogens (tertiary/aromatic N) is 1. The predicted octanol–water partition coefficient (Wildman–Crippen LogP) is 4.89. The van der Waals surface area contributed by atoms with Crippen molar-refractivity contribution in [3.63, 3.8) is 0 Å². The average Bonchev–Trinajstić information content (AvgIpc) is 2.41. The number of benzene rings is 2. The molecule has 20 heavy (non-hydrogen) atoms. The molecular formula is C13H7BrClNO3S. The second-order valence-corrected chi connectivity index (χ2v) is 6.08. The zero-order valence-corrected chi connectivity index (χ0v) is 13.0. The third kappa shape index (κ3) is 3.39. The van der Waals surface area contributed by atoms with Gasteiger partial charge < -0.3 is 0 Å². The van der Waals surface area contributed by atoms with Crippen LogP contribution in [0.15, 0.2) is 56.7 Å². The number of carbonyl (C=O) groups is 1. The van der Waals surface area contributed by atoms with Gasteiger partial charge in [0.1, 0.15) is 0 Å². The Kier molecular flexibility index (Phi) is 4.80. The Morgan fingerprint density at radius 2 is 1.90 bits per heavy atom. The molecule has 0 aliphatic carbocycles. The monoisotopic (exact) mass is 371 g/mol. The van der Waals surface area contributed by atoms with Gasteiger partial charge in [-0.1, -0.05) is 39.8 Å². The highest BCUT2D eigenvalue weighted by molar-refractivity contribution is 9.10. The molecule has 0 N–H and O–H groups in total. The molecule has 2 aromatic rings. The third-order valence-electron chi connectivity index (χ3n) is 2.44. The van der Waals surface area contributed by atoms with Gasteiger partial charge in [0.25, 0.3) is 10.9 Å². The molecule has 0 amide bonds. The van der Waals surface area contributed by atoms with Crippen molar-refractivity contribution in [3.8, 4) is 0 Å². The standard InChI is InChI=1S/C13H7BrClNO3S/c14-8-5-6-12(10(7-8)16(18)19)20-11-4-2-1-3-9(11)13(15)17/h1-7H. The zero-order chi connectivity index (χ0) is 14.7. The summed E-state index contributed by atoms with van der Waals surface area (Å²) in [7, 11) is 0. The van der Waals surface area contributed by atoms with Crippen LogP contribution in [0.3, 0.4) is 0 Å². The molecule has 0 bridgehead atoms. The fraction of sp³-hybridized carbons (Fsp3) is 0. The second-order valence-electron chi connectivity index (χ2n) is 3.74. The van der Waals surface area contributed by atoms with E-state index in [0.717, 1.165) is 11.8 Å². The molecular weight excluding hydrogens is 366 g/mol. The first-order valence-electron chi connectivity index (χ1n) is 5.39. The smallest absolute Gasteiger partial charge is 0.276 e. The van der Waals surface area contributed by atoms with E-state index in [-0.39, 0.29) is 5.69 Å². The van der Waals surface area contributed by atoms with Crippen LogP contribution in [-0.2, 0) is 0 Å². The largest absolute Gasteiger partial charge is 0.284 e. The summed E-state index contributed by atoms with van der Waals surface area (Å²) in [6.07, 6.45) is 0. The molecule has 0 fully saturated rings. The highest BCUT2D eigenvalue weighted by atomic mass is 79.9. The number of hydrogen-bond acceptors (Lipinski definition) is 4. The SMILES string of the molecule is O=C(Cl)c1ccccc1Sc1ccc(Br)cc1[N+](=O)[O-]. The van der Waals surface area contributed by atoms with Crippen LogP contribution in [-0.4, -0.2) is 10.2 Å². The van der Waals surface area contributed by atoms with E-state index >= 15 is 0 Å². The lowest BCUT2D eigenvalue weighted by Crippen LogP contribution is -1.94. The molecule has 0 aliphatic rings. The fourth-order valence-electron chi connectivity index (χ4n) is 1.56. The predicted molar refractivity (Wildman–Crippen MR) is 81.5 cm³/mol. The van der Waals surface area contributed by atoms with Crippen molar-refractivity contribution in [3.05, 3.63) is 62.6 Å². The molecule has 0 saturated heterocycles. The summed E-state index contributed by atoms with van der Waals surface area (Å²) in [4.78, 5) is 23.0. The molecule has 0 aliphatic heterocycles. The van der Waals surface area contributed by atoms with Crippen LogP contribution in [0.2, 0.25) is 0 Å². The quantitative estimate of drug-likeness (QED) is 0.435. The lowest BCUT2D eigenvalue weighted by atomic mass is 10.2. The molecule has 7 heteroatoms. The second kappa shape index (κ2) is 6.39. The highest BCUT2D eigenvalue weighted by Crippen LogP contribution is 2.38. The van der Waals surface area contributed by atoms with Crippen molar-refractivity contribution in [2.45, 2.75) is 9.79 Å². The van der Waals surface area contributed by atoms with E-state index in [0.29, 0.717) is 19.8 Å². The van der Waals surface area contributed by atoms with Gasteiger partial charge in [0.2, 0.25) is 0 Å². The fourth-order valence-corrected chi connectivity index (χ4v) is 3.15. The number of rotatable bonds is 4. The number of nitro groups is 1. The van der Waals surface area contributed by atoms with Gasteiger partial charge in [-0.15, -0.1) is 0 Å². The lowest BCUT2D eigenvalue weighted by Gasteiger charge is -2.06. The van der Waals surface area contributed by atoms with Crippen LogP contribution >= 0.6 is 39.3 Å². The molecule has 0 aromatic heterocycles. The summed E-state index contributed by atoms with van der Waals surface area (Å²) >= 11 is 9.85. The van der Waals surface area contributed by atoms with Gasteiger partial charge in [-0.2, -0.15) is 0 Å². The van der Waals surface area contributed by atoms with Crippen molar-refractivity contribution < 1.29 is 9.72 Å². The summed E-state index contributed by atoms with van der Waals surface area (Å²) in [5.74, 6) is 0. The van der Waals surface area contributed by atoms with E-state index in [1.54, 1.807) is 36.4 Å². The van der Waals surface area contributed by atoms with Gasteiger partial charge in [-0.3, -0.25) is 14.9 Å². The number of hydrogen-bond donors (Lipinski definition) is 0. The number of halogens is 2. The molecule has 2 aromatic carbocycles. The molecule has 0 unspecified atom stereocenters. The summed E-state index contributed by atoms with van der Waals surface area (Å²) < 4.78 is 0.621. The molecule has 0 saturated carbocycles. The Bertz CT molecular complexity index is 693. The van der Waals surface area contributed by atoms with E-state index in [9.17, 15) is 14.9 Å². The Balaban J connectivity index is 2.45. The Morgan fingerprint density at radius 1 is 1.20 bits per heavy atom. The summed E-state index contributed by atoms with van der Waals surface area (Å²) in [5, 5.41) is 10.5. The minimum atomic E-state index is -0.590. The van der Waals surface area contributed by atoms with E-state index in [1.807, 2.05) is 0 Å². The maximum atomic E-state index is 11.3. The molecule has 0 heterocycles. The molecule has 0 atom stereocenters. The van der Waals surface area contributed by atoms with Crippen molar-refractivity contribution in [1.82, 2.24) is 0 Å². The van der Waals surface area contributed by atoms with Crippen LogP contribution in [0.25, 0.3) is 0 Å². The van der Waals surface area contributed by atoms with Crippen molar-refractivity contribution >= 4 is 50.2 Å². The Labute approximate surface area is 132 Å². The van der Waals surface area contributed by atoms with E-state index in [4.69, 9.17) is 11.6 Å². The Morgan fingerprint density at radius 3 is 2.55 bits per heavy atom. The summed E-state index contributed by atoms with van der Waals surface area (Å²) in [6, 6.07) is 11.5. The zero-order valence-electron chi connectivity index (χ0n) is 9.88. The van der Waals surface area contributed by atoms with Crippen LogP contribution in [0.5, 0.6) is 0 Å². The number of nitro benzene ring substituents is 1. The highest BCUT2D eigenvalue weighted by Gasteiger charge is 2.17. The van der Waals surface area contributed by atoms with Crippen LogP contribution in [0, 0.1) is 10.1 Å².